The number of anilines is 2. The van der Waals surface area contributed by atoms with E-state index in [0.29, 0.717) is 57.1 Å². The first-order valence-corrected chi connectivity index (χ1v) is 11.0. The Bertz CT molecular complexity index is 1400. The zero-order chi connectivity index (χ0) is 24.9. The molecule has 0 saturated carbocycles. The Balaban J connectivity index is 1.48. The number of nitrogens with two attached hydrogens (primary N) is 1. The molecule has 0 unspecified atom stereocenters. The SMILES string of the molecule is COc1cc2nc(C)cc(C(=O)NCc3ccc(C(=O)Nc4ccccc4N)cc3)c2cc1OC. The summed E-state index contributed by atoms with van der Waals surface area (Å²) in [7, 11) is 3.10. The third kappa shape index (κ3) is 5.16. The average molecular weight is 471 g/mol. The van der Waals surface area contributed by atoms with E-state index >= 15 is 0 Å². The minimum atomic E-state index is -0.262. The Morgan fingerprint density at radius 1 is 0.914 bits per heavy atom. The number of pyridine rings is 1. The summed E-state index contributed by atoms with van der Waals surface area (Å²) in [4.78, 5) is 30.1. The Labute approximate surface area is 203 Å². The zero-order valence-corrected chi connectivity index (χ0v) is 19.7. The molecule has 3 aromatic carbocycles. The van der Waals surface area contributed by atoms with Crippen LogP contribution in [-0.4, -0.2) is 31.0 Å². The number of carbonyl (C=O) groups excluding carboxylic acids is 2. The molecule has 8 heteroatoms. The lowest BCUT2D eigenvalue weighted by atomic mass is 10.1. The van der Waals surface area contributed by atoms with Crippen molar-refractivity contribution < 1.29 is 19.1 Å². The molecule has 35 heavy (non-hydrogen) atoms. The van der Waals surface area contributed by atoms with Crippen molar-refractivity contribution in [3.8, 4) is 11.5 Å². The second-order valence-electron chi connectivity index (χ2n) is 7.96. The summed E-state index contributed by atoms with van der Waals surface area (Å²) in [5.74, 6) is 0.560. The van der Waals surface area contributed by atoms with Gasteiger partial charge >= 0.3 is 0 Å². The minimum absolute atomic E-state index is 0.242. The number of nitrogens with zero attached hydrogens (tertiary/aromatic N) is 1. The standard InChI is InChI=1S/C27H26N4O4/c1-16-12-20(19-13-24(34-2)25(35-3)14-23(19)30-16)27(33)29-15-17-8-10-18(11-9-17)26(32)31-22-7-5-4-6-21(22)28/h4-14H,15,28H2,1-3H3,(H,29,33)(H,31,32). The number of amides is 2. The van der Waals surface area contributed by atoms with Crippen molar-refractivity contribution in [3.05, 3.63) is 89.1 Å². The molecule has 0 radical (unpaired) electrons. The van der Waals surface area contributed by atoms with Gasteiger partial charge in [-0.2, -0.15) is 0 Å². The van der Waals surface area contributed by atoms with Gasteiger partial charge in [-0.3, -0.25) is 14.6 Å². The van der Waals surface area contributed by atoms with Crippen molar-refractivity contribution in [2.45, 2.75) is 13.5 Å². The number of hydrogen-bond donors (Lipinski definition) is 3. The maximum atomic E-state index is 13.1. The summed E-state index contributed by atoms with van der Waals surface area (Å²) < 4.78 is 10.7. The summed E-state index contributed by atoms with van der Waals surface area (Å²) in [6, 6.07) is 19.3. The lowest BCUT2D eigenvalue weighted by Gasteiger charge is -2.13. The highest BCUT2D eigenvalue weighted by Gasteiger charge is 2.16. The van der Waals surface area contributed by atoms with E-state index in [0.717, 1.165) is 5.56 Å². The van der Waals surface area contributed by atoms with Crippen LogP contribution in [-0.2, 0) is 6.54 Å². The number of hydrogen-bond acceptors (Lipinski definition) is 6. The molecule has 4 rings (SSSR count). The van der Waals surface area contributed by atoms with Gasteiger partial charge in [0.25, 0.3) is 11.8 Å². The maximum absolute atomic E-state index is 13.1. The van der Waals surface area contributed by atoms with E-state index in [4.69, 9.17) is 15.2 Å². The Morgan fingerprint density at radius 3 is 2.29 bits per heavy atom. The Morgan fingerprint density at radius 2 is 1.60 bits per heavy atom. The van der Waals surface area contributed by atoms with Crippen molar-refractivity contribution in [2.75, 3.05) is 25.3 Å². The quantitative estimate of drug-likeness (QED) is 0.347. The number of aromatic nitrogens is 1. The number of nitrogens with one attached hydrogen (secondary N) is 2. The zero-order valence-electron chi connectivity index (χ0n) is 19.7. The smallest absolute Gasteiger partial charge is 0.255 e. The highest BCUT2D eigenvalue weighted by atomic mass is 16.5. The summed E-state index contributed by atoms with van der Waals surface area (Å²) in [6.45, 7) is 2.13. The molecule has 0 spiro atoms. The molecule has 1 aromatic heterocycles. The van der Waals surface area contributed by atoms with E-state index in [1.807, 2.05) is 6.92 Å². The highest BCUT2D eigenvalue weighted by molar-refractivity contribution is 6.07. The largest absolute Gasteiger partial charge is 0.493 e. The third-order valence-electron chi connectivity index (χ3n) is 5.56. The van der Waals surface area contributed by atoms with Gasteiger partial charge in [0.2, 0.25) is 0 Å². The predicted molar refractivity (Wildman–Crippen MR) is 136 cm³/mol. The van der Waals surface area contributed by atoms with Gasteiger partial charge in [0.1, 0.15) is 0 Å². The number of methoxy groups -OCH3 is 2. The van der Waals surface area contributed by atoms with E-state index < -0.39 is 0 Å². The molecular formula is C27H26N4O4. The highest BCUT2D eigenvalue weighted by Crippen LogP contribution is 2.33. The normalized spacial score (nSPS) is 10.6. The van der Waals surface area contributed by atoms with E-state index in [-0.39, 0.29) is 11.8 Å². The first-order valence-electron chi connectivity index (χ1n) is 11.0. The summed E-state index contributed by atoms with van der Waals surface area (Å²) in [5, 5.41) is 6.40. The number of aryl methyl sites for hydroxylation is 1. The molecular weight excluding hydrogens is 444 g/mol. The molecule has 0 saturated heterocycles. The average Bonchev–Trinajstić information content (AvgIpc) is 2.87. The van der Waals surface area contributed by atoms with Crippen LogP contribution in [0.4, 0.5) is 11.4 Å². The van der Waals surface area contributed by atoms with Crippen molar-refractivity contribution in [2.24, 2.45) is 0 Å². The Kier molecular flexibility index (Phi) is 6.82. The number of fused-ring (bicyclic) bond motifs is 1. The molecule has 4 N–H and O–H groups in total. The molecule has 1 heterocycles. The number of carbonyl (C=O) groups is 2. The van der Waals surface area contributed by atoms with Gasteiger partial charge in [-0.15, -0.1) is 0 Å². The van der Waals surface area contributed by atoms with Crippen LogP contribution in [0.15, 0.2) is 66.7 Å². The third-order valence-corrected chi connectivity index (χ3v) is 5.56. The van der Waals surface area contributed by atoms with Crippen LogP contribution in [0.2, 0.25) is 0 Å². The number of ether oxygens (including phenoxy) is 2. The fourth-order valence-electron chi connectivity index (χ4n) is 3.73. The topological polar surface area (TPSA) is 116 Å². The fraction of sp³-hybridized carbons (Fsp3) is 0.148. The fourth-order valence-corrected chi connectivity index (χ4v) is 3.73. The van der Waals surface area contributed by atoms with E-state index in [9.17, 15) is 9.59 Å². The van der Waals surface area contributed by atoms with Crippen LogP contribution in [0.5, 0.6) is 11.5 Å². The van der Waals surface area contributed by atoms with Crippen molar-refractivity contribution in [1.29, 1.82) is 0 Å². The predicted octanol–water partition coefficient (Wildman–Crippen LogP) is 4.32. The summed E-state index contributed by atoms with van der Waals surface area (Å²) >= 11 is 0. The van der Waals surface area contributed by atoms with Gasteiger partial charge in [0, 0.05) is 29.3 Å². The molecule has 0 bridgehead atoms. The van der Waals surface area contributed by atoms with Crippen LogP contribution in [0.3, 0.4) is 0 Å². The molecule has 0 aliphatic heterocycles. The lowest BCUT2D eigenvalue weighted by Crippen LogP contribution is -2.23. The molecule has 0 aliphatic rings. The molecule has 178 valence electrons. The summed E-state index contributed by atoms with van der Waals surface area (Å²) in [5.41, 5.74) is 10.1. The molecule has 2 amide bonds. The van der Waals surface area contributed by atoms with Crippen LogP contribution >= 0.6 is 0 Å². The van der Waals surface area contributed by atoms with Crippen LogP contribution in [0.25, 0.3) is 10.9 Å². The minimum Gasteiger partial charge on any atom is -0.493 e. The van der Waals surface area contributed by atoms with E-state index in [1.54, 1.807) is 80.9 Å². The van der Waals surface area contributed by atoms with E-state index in [2.05, 4.69) is 15.6 Å². The van der Waals surface area contributed by atoms with Gasteiger partial charge in [-0.25, -0.2) is 0 Å². The van der Waals surface area contributed by atoms with Crippen molar-refractivity contribution in [1.82, 2.24) is 10.3 Å². The van der Waals surface area contributed by atoms with Crippen molar-refractivity contribution in [3.63, 3.8) is 0 Å². The lowest BCUT2D eigenvalue weighted by molar-refractivity contribution is 0.0951. The number of rotatable bonds is 7. The molecule has 4 aromatic rings. The second kappa shape index (κ2) is 10.1. The van der Waals surface area contributed by atoms with Gasteiger partial charge in [0.05, 0.1) is 36.7 Å². The number of para-hydroxylation sites is 2. The van der Waals surface area contributed by atoms with Crippen LogP contribution in [0.1, 0.15) is 32.0 Å². The number of nitrogen functional groups attached to an aromatic ring is 1. The Hall–Kier alpha value is -4.59. The number of benzene rings is 3. The molecule has 0 fully saturated rings. The first kappa shape index (κ1) is 23.6. The van der Waals surface area contributed by atoms with Gasteiger partial charge in [0.15, 0.2) is 11.5 Å². The van der Waals surface area contributed by atoms with Crippen LogP contribution in [0, 0.1) is 6.92 Å². The monoisotopic (exact) mass is 470 g/mol. The van der Waals surface area contributed by atoms with Gasteiger partial charge in [-0.05, 0) is 48.9 Å². The van der Waals surface area contributed by atoms with Gasteiger partial charge < -0.3 is 25.8 Å². The molecule has 8 nitrogen and oxygen atoms in total. The molecule has 0 aliphatic carbocycles. The molecule has 0 atom stereocenters. The maximum Gasteiger partial charge on any atom is 0.255 e. The van der Waals surface area contributed by atoms with Crippen molar-refractivity contribution >= 4 is 34.1 Å². The second-order valence-corrected chi connectivity index (χ2v) is 7.96. The first-order chi connectivity index (χ1) is 16.9. The summed E-state index contributed by atoms with van der Waals surface area (Å²) in [6.07, 6.45) is 0. The van der Waals surface area contributed by atoms with E-state index in [1.165, 1.54) is 0 Å². The van der Waals surface area contributed by atoms with Crippen LogP contribution < -0.4 is 25.8 Å². The van der Waals surface area contributed by atoms with Gasteiger partial charge in [-0.1, -0.05) is 24.3 Å².